The van der Waals surface area contributed by atoms with Gasteiger partial charge in [0, 0.05) is 23.5 Å². The van der Waals surface area contributed by atoms with E-state index in [0.29, 0.717) is 17.3 Å². The molecule has 0 bridgehead atoms. The number of hydrogen-bond donors (Lipinski definition) is 2. The van der Waals surface area contributed by atoms with E-state index >= 15 is 0 Å². The summed E-state index contributed by atoms with van der Waals surface area (Å²) >= 11 is 11.6. The average Bonchev–Trinajstić information content (AvgIpc) is 2.64. The number of nitrogens with zero attached hydrogens (tertiary/aromatic N) is 2. The predicted octanol–water partition coefficient (Wildman–Crippen LogP) is 4.60. The van der Waals surface area contributed by atoms with Gasteiger partial charge in [-0.15, -0.1) is 0 Å². The Labute approximate surface area is 159 Å². The maximum atomic E-state index is 13.2. The molecule has 2 N–H and O–H groups in total. The highest BCUT2D eigenvalue weighted by Crippen LogP contribution is 2.21. The van der Waals surface area contributed by atoms with Crippen LogP contribution in [0, 0.1) is 5.82 Å². The molecular formula is C18H13Cl2FN4O. The smallest absolute Gasteiger partial charge is 0.270 e. The summed E-state index contributed by atoms with van der Waals surface area (Å²) < 4.78 is 13.2. The molecule has 0 aliphatic heterocycles. The van der Waals surface area contributed by atoms with E-state index in [1.54, 1.807) is 12.1 Å². The zero-order chi connectivity index (χ0) is 18.5. The van der Waals surface area contributed by atoms with Gasteiger partial charge in [0.25, 0.3) is 5.91 Å². The second-order valence-electron chi connectivity index (χ2n) is 5.33. The summed E-state index contributed by atoms with van der Waals surface area (Å²) in [7, 11) is 0. The van der Waals surface area contributed by atoms with Gasteiger partial charge in [-0.05, 0) is 42.0 Å². The molecule has 0 unspecified atom stereocenters. The lowest BCUT2D eigenvalue weighted by molar-refractivity contribution is 0.0946. The first-order valence-electron chi connectivity index (χ1n) is 7.59. The van der Waals surface area contributed by atoms with E-state index in [2.05, 4.69) is 20.6 Å². The van der Waals surface area contributed by atoms with Crippen LogP contribution in [-0.4, -0.2) is 15.9 Å². The van der Waals surface area contributed by atoms with Crippen LogP contribution in [0.3, 0.4) is 0 Å². The van der Waals surface area contributed by atoms with Crippen molar-refractivity contribution in [1.82, 2.24) is 15.3 Å². The molecule has 2 aromatic carbocycles. The molecule has 0 saturated carbocycles. The van der Waals surface area contributed by atoms with E-state index in [1.165, 1.54) is 30.5 Å². The maximum absolute atomic E-state index is 13.2. The topological polar surface area (TPSA) is 66.9 Å². The summed E-state index contributed by atoms with van der Waals surface area (Å²) in [5.74, 6) is -0.664. The van der Waals surface area contributed by atoms with Gasteiger partial charge in [-0.25, -0.2) is 14.4 Å². The van der Waals surface area contributed by atoms with Crippen LogP contribution in [0.5, 0.6) is 0 Å². The Morgan fingerprint density at radius 2 is 1.85 bits per heavy atom. The van der Waals surface area contributed by atoms with Gasteiger partial charge in [-0.1, -0.05) is 35.3 Å². The number of benzene rings is 2. The van der Waals surface area contributed by atoms with Gasteiger partial charge in [-0.3, -0.25) is 4.79 Å². The third kappa shape index (κ3) is 4.68. The van der Waals surface area contributed by atoms with E-state index < -0.39 is 5.82 Å². The highest BCUT2D eigenvalue weighted by molar-refractivity contribution is 6.31. The van der Waals surface area contributed by atoms with Crippen LogP contribution < -0.4 is 10.6 Å². The highest BCUT2D eigenvalue weighted by atomic mass is 35.5. The minimum absolute atomic E-state index is 0.0214. The summed E-state index contributed by atoms with van der Waals surface area (Å²) in [6.45, 7) is 0.344. The van der Waals surface area contributed by atoms with Crippen LogP contribution in [0.1, 0.15) is 16.1 Å². The molecule has 132 valence electrons. The lowest BCUT2D eigenvalue weighted by Gasteiger charge is -2.08. The van der Waals surface area contributed by atoms with Crippen molar-refractivity contribution in [3.63, 3.8) is 0 Å². The van der Waals surface area contributed by atoms with Crippen molar-refractivity contribution in [3.05, 3.63) is 81.8 Å². The molecule has 26 heavy (non-hydrogen) atoms. The van der Waals surface area contributed by atoms with E-state index in [0.717, 1.165) is 5.56 Å². The molecule has 0 atom stereocenters. The second-order valence-corrected chi connectivity index (χ2v) is 6.17. The number of aromatic nitrogens is 2. The first kappa shape index (κ1) is 18.1. The first-order valence-corrected chi connectivity index (χ1v) is 8.34. The number of hydrogen-bond acceptors (Lipinski definition) is 4. The monoisotopic (exact) mass is 390 g/mol. The van der Waals surface area contributed by atoms with Gasteiger partial charge in [-0.2, -0.15) is 0 Å². The van der Waals surface area contributed by atoms with Gasteiger partial charge in [0.1, 0.15) is 11.5 Å². The first-order chi connectivity index (χ1) is 12.5. The molecule has 8 heteroatoms. The Balaban J connectivity index is 1.66. The zero-order valence-corrected chi connectivity index (χ0v) is 14.9. The van der Waals surface area contributed by atoms with Crippen molar-refractivity contribution >= 4 is 40.7 Å². The molecule has 3 aromatic rings. The fraction of sp³-hybridized carbons (Fsp3) is 0.0556. The molecule has 0 aliphatic carbocycles. The average molecular weight is 391 g/mol. The van der Waals surface area contributed by atoms with Gasteiger partial charge in [0.15, 0.2) is 0 Å². The van der Waals surface area contributed by atoms with Crippen LogP contribution >= 0.6 is 23.2 Å². The second kappa shape index (κ2) is 8.12. The molecule has 0 radical (unpaired) electrons. The molecule has 1 aromatic heterocycles. The van der Waals surface area contributed by atoms with E-state index in [-0.39, 0.29) is 22.6 Å². The van der Waals surface area contributed by atoms with E-state index in [4.69, 9.17) is 23.2 Å². The molecule has 0 fully saturated rings. The van der Waals surface area contributed by atoms with E-state index in [9.17, 15) is 9.18 Å². The quantitative estimate of drug-likeness (QED) is 0.668. The number of halogens is 3. The Morgan fingerprint density at radius 1 is 1.08 bits per heavy atom. The van der Waals surface area contributed by atoms with Crippen LogP contribution in [0.2, 0.25) is 10.0 Å². The van der Waals surface area contributed by atoms with Crippen LogP contribution in [0.4, 0.5) is 16.0 Å². The highest BCUT2D eigenvalue weighted by Gasteiger charge is 2.09. The third-order valence-electron chi connectivity index (χ3n) is 3.43. The largest absolute Gasteiger partial charge is 0.347 e. The molecule has 0 aliphatic rings. The number of carbonyl (C=O) groups excluding carboxylic acids is 1. The Kier molecular flexibility index (Phi) is 5.65. The van der Waals surface area contributed by atoms with Crippen molar-refractivity contribution in [1.29, 1.82) is 0 Å². The molecule has 0 saturated heterocycles. The van der Waals surface area contributed by atoms with Gasteiger partial charge in [0.2, 0.25) is 5.95 Å². The molecule has 3 rings (SSSR count). The molecular weight excluding hydrogens is 378 g/mol. The maximum Gasteiger partial charge on any atom is 0.270 e. The van der Waals surface area contributed by atoms with Crippen LogP contribution in [-0.2, 0) is 6.54 Å². The fourth-order valence-electron chi connectivity index (χ4n) is 2.12. The lowest BCUT2D eigenvalue weighted by Crippen LogP contribution is -2.24. The van der Waals surface area contributed by atoms with Gasteiger partial charge in [0.05, 0.1) is 5.02 Å². The van der Waals surface area contributed by atoms with Crippen molar-refractivity contribution in [3.8, 4) is 0 Å². The van der Waals surface area contributed by atoms with Crippen molar-refractivity contribution in [2.45, 2.75) is 6.54 Å². The predicted molar refractivity (Wildman–Crippen MR) is 99.3 cm³/mol. The number of amides is 1. The summed E-state index contributed by atoms with van der Waals surface area (Å²) in [4.78, 5) is 20.5. The minimum atomic E-state index is -0.520. The SMILES string of the molecule is O=C(NCc1ccc(Cl)cc1)c1ccnc(Nc2ccc(F)c(Cl)c2)n1. The van der Waals surface area contributed by atoms with Crippen molar-refractivity contribution in [2.75, 3.05) is 5.32 Å². The summed E-state index contributed by atoms with van der Waals surface area (Å²) in [5, 5.41) is 6.26. The van der Waals surface area contributed by atoms with Crippen LogP contribution in [0.15, 0.2) is 54.7 Å². The number of carbonyl (C=O) groups is 1. The minimum Gasteiger partial charge on any atom is -0.347 e. The molecule has 5 nitrogen and oxygen atoms in total. The zero-order valence-electron chi connectivity index (χ0n) is 13.3. The van der Waals surface area contributed by atoms with Gasteiger partial charge >= 0.3 is 0 Å². The molecule has 1 heterocycles. The molecule has 0 spiro atoms. The number of nitrogens with one attached hydrogen (secondary N) is 2. The Hall–Kier alpha value is -2.70. The summed E-state index contributed by atoms with van der Waals surface area (Å²) in [6, 6.07) is 12.8. The standard InChI is InChI=1S/C18H13Cl2FN4O/c19-12-3-1-11(2-4-12)10-23-17(26)16-7-8-22-18(25-16)24-13-5-6-15(21)14(20)9-13/h1-9H,10H2,(H,23,26)(H,22,24,25). The van der Waals surface area contributed by atoms with Crippen LogP contribution in [0.25, 0.3) is 0 Å². The van der Waals surface area contributed by atoms with Crippen molar-refractivity contribution in [2.24, 2.45) is 0 Å². The van der Waals surface area contributed by atoms with E-state index in [1.807, 2.05) is 12.1 Å². The molecule has 1 amide bonds. The normalized spacial score (nSPS) is 10.4. The number of rotatable bonds is 5. The summed E-state index contributed by atoms with van der Waals surface area (Å²) in [5.41, 5.74) is 1.62. The Morgan fingerprint density at radius 3 is 2.58 bits per heavy atom. The summed E-state index contributed by atoms with van der Waals surface area (Å²) in [6.07, 6.45) is 1.46. The third-order valence-corrected chi connectivity index (χ3v) is 3.97. The van der Waals surface area contributed by atoms with Gasteiger partial charge < -0.3 is 10.6 Å². The Bertz CT molecular complexity index is 935. The van der Waals surface area contributed by atoms with Crippen molar-refractivity contribution < 1.29 is 9.18 Å². The lowest BCUT2D eigenvalue weighted by atomic mass is 10.2. The fourth-order valence-corrected chi connectivity index (χ4v) is 2.43. The number of anilines is 2.